The fourth-order valence-corrected chi connectivity index (χ4v) is 4.34. The van der Waals surface area contributed by atoms with Crippen molar-refractivity contribution < 1.29 is 14.0 Å². The topological polar surface area (TPSA) is 67.2 Å². The van der Waals surface area contributed by atoms with Crippen LogP contribution < -0.4 is 5.32 Å². The highest BCUT2D eigenvalue weighted by Crippen LogP contribution is 2.30. The number of halogens is 1. The predicted molar refractivity (Wildman–Crippen MR) is 102 cm³/mol. The molecule has 1 N–H and O–H groups in total. The minimum Gasteiger partial charge on any atom is -0.342 e. The van der Waals surface area contributed by atoms with Gasteiger partial charge in [0.05, 0.1) is 5.92 Å². The molecular formula is C21H25FN4O2. The molecule has 1 aromatic heterocycles. The van der Waals surface area contributed by atoms with Gasteiger partial charge in [-0.05, 0) is 30.5 Å². The number of hydrogen-bond acceptors (Lipinski definition) is 3. The maximum Gasteiger partial charge on any atom is 0.226 e. The van der Waals surface area contributed by atoms with Crippen molar-refractivity contribution in [1.82, 2.24) is 19.8 Å². The summed E-state index contributed by atoms with van der Waals surface area (Å²) in [7, 11) is 1.85. The Labute approximate surface area is 163 Å². The summed E-state index contributed by atoms with van der Waals surface area (Å²) in [6.07, 6.45) is 8.09. The Morgan fingerprint density at radius 2 is 1.96 bits per heavy atom. The Balaban J connectivity index is 1.52. The van der Waals surface area contributed by atoms with E-state index in [1.54, 1.807) is 24.5 Å². The van der Waals surface area contributed by atoms with Crippen LogP contribution in [0.5, 0.6) is 0 Å². The molecule has 1 saturated heterocycles. The van der Waals surface area contributed by atoms with Crippen LogP contribution in [-0.2, 0) is 16.6 Å². The molecule has 28 heavy (non-hydrogen) atoms. The molecule has 1 saturated carbocycles. The molecule has 2 aromatic rings. The predicted octanol–water partition coefficient (Wildman–Crippen LogP) is 2.56. The van der Waals surface area contributed by atoms with Crippen LogP contribution in [0.25, 0.3) is 0 Å². The van der Waals surface area contributed by atoms with Crippen LogP contribution in [0.3, 0.4) is 0 Å². The van der Waals surface area contributed by atoms with Crippen molar-refractivity contribution in [3.63, 3.8) is 0 Å². The number of rotatable bonds is 5. The molecule has 2 aliphatic rings. The van der Waals surface area contributed by atoms with E-state index >= 15 is 0 Å². The molecule has 7 heteroatoms. The average molecular weight is 384 g/mol. The zero-order valence-corrected chi connectivity index (χ0v) is 16.0. The number of imidazole rings is 1. The van der Waals surface area contributed by atoms with Gasteiger partial charge in [-0.3, -0.25) is 9.59 Å². The van der Waals surface area contributed by atoms with Crippen LogP contribution in [0.15, 0.2) is 36.7 Å². The lowest BCUT2D eigenvalue weighted by atomic mass is 10.0. The zero-order chi connectivity index (χ0) is 19.7. The first-order valence-electron chi connectivity index (χ1n) is 9.85. The minimum absolute atomic E-state index is 0.0716. The molecule has 1 aromatic carbocycles. The van der Waals surface area contributed by atoms with Crippen LogP contribution in [0, 0.1) is 11.7 Å². The third-order valence-electron chi connectivity index (χ3n) is 5.90. The van der Waals surface area contributed by atoms with Crippen LogP contribution in [0.4, 0.5) is 4.39 Å². The van der Waals surface area contributed by atoms with Crippen molar-refractivity contribution in [2.24, 2.45) is 13.0 Å². The average Bonchev–Trinajstić information content (AvgIpc) is 3.41. The molecule has 148 valence electrons. The maximum atomic E-state index is 13.4. The van der Waals surface area contributed by atoms with E-state index in [4.69, 9.17) is 0 Å². The van der Waals surface area contributed by atoms with Gasteiger partial charge in [-0.2, -0.15) is 0 Å². The minimum atomic E-state index is -0.497. The molecule has 1 aliphatic heterocycles. The summed E-state index contributed by atoms with van der Waals surface area (Å²) >= 11 is 0. The Bertz CT molecular complexity index is 858. The van der Waals surface area contributed by atoms with Crippen LogP contribution >= 0.6 is 0 Å². The third kappa shape index (κ3) is 3.66. The summed E-state index contributed by atoms with van der Waals surface area (Å²) in [6.45, 7) is 0.478. The number of likely N-dealkylation sites (tertiary alicyclic amines) is 1. The number of aryl methyl sites for hydroxylation is 1. The lowest BCUT2D eigenvalue weighted by Crippen LogP contribution is -2.38. The van der Waals surface area contributed by atoms with E-state index in [9.17, 15) is 14.0 Å². The van der Waals surface area contributed by atoms with Gasteiger partial charge in [0.25, 0.3) is 0 Å². The first-order valence-corrected chi connectivity index (χ1v) is 9.85. The second-order valence-corrected chi connectivity index (χ2v) is 7.77. The van der Waals surface area contributed by atoms with Crippen LogP contribution in [0.1, 0.15) is 49.5 Å². The number of aromatic nitrogens is 2. The normalized spacial score (nSPS) is 21.3. The fraction of sp³-hybridized carbons (Fsp3) is 0.476. The smallest absolute Gasteiger partial charge is 0.226 e. The van der Waals surface area contributed by atoms with Gasteiger partial charge in [-0.25, -0.2) is 9.37 Å². The lowest BCUT2D eigenvalue weighted by molar-refractivity contribution is -0.130. The zero-order valence-electron chi connectivity index (χ0n) is 16.0. The Kier molecular flexibility index (Phi) is 5.15. The van der Waals surface area contributed by atoms with Crippen LogP contribution in [-0.4, -0.2) is 38.9 Å². The third-order valence-corrected chi connectivity index (χ3v) is 5.90. The number of carbonyl (C=O) groups is 2. The van der Waals surface area contributed by atoms with E-state index in [0.717, 1.165) is 31.2 Å². The van der Waals surface area contributed by atoms with E-state index in [0.29, 0.717) is 12.4 Å². The van der Waals surface area contributed by atoms with Crippen molar-refractivity contribution >= 4 is 11.8 Å². The highest BCUT2D eigenvalue weighted by atomic mass is 19.1. The molecule has 0 radical (unpaired) electrons. The highest BCUT2D eigenvalue weighted by molar-refractivity contribution is 5.89. The van der Waals surface area contributed by atoms with Crippen molar-refractivity contribution in [2.45, 2.75) is 44.2 Å². The molecule has 2 amide bonds. The van der Waals surface area contributed by atoms with Gasteiger partial charge in [0.2, 0.25) is 11.8 Å². The maximum absolute atomic E-state index is 13.4. The van der Waals surface area contributed by atoms with Gasteiger partial charge >= 0.3 is 0 Å². The highest BCUT2D eigenvalue weighted by Gasteiger charge is 2.39. The summed E-state index contributed by atoms with van der Waals surface area (Å²) in [5, 5.41) is 3.05. The molecular weight excluding hydrogens is 359 g/mol. The monoisotopic (exact) mass is 384 g/mol. The number of nitrogens with zero attached hydrogens (tertiary/aromatic N) is 3. The van der Waals surface area contributed by atoms with E-state index in [1.807, 2.05) is 16.5 Å². The number of nitrogens with one attached hydrogen (secondary N) is 1. The van der Waals surface area contributed by atoms with E-state index in [1.165, 1.54) is 12.1 Å². The first-order chi connectivity index (χ1) is 13.5. The van der Waals surface area contributed by atoms with E-state index < -0.39 is 6.04 Å². The van der Waals surface area contributed by atoms with Gasteiger partial charge < -0.3 is 14.8 Å². The summed E-state index contributed by atoms with van der Waals surface area (Å²) in [5.41, 5.74) is 0.751. The second kappa shape index (κ2) is 7.73. The van der Waals surface area contributed by atoms with Crippen molar-refractivity contribution in [3.8, 4) is 0 Å². The molecule has 0 spiro atoms. The van der Waals surface area contributed by atoms with Gasteiger partial charge in [0, 0.05) is 38.4 Å². The van der Waals surface area contributed by atoms with Crippen molar-refractivity contribution in [1.29, 1.82) is 0 Å². The SMILES string of the molecule is Cn1ccnc1C(NC(=O)C1CC(=O)N(C2CCCC2)C1)c1ccc(F)cc1. The Morgan fingerprint density at radius 1 is 1.25 bits per heavy atom. The van der Waals surface area contributed by atoms with Crippen molar-refractivity contribution in [3.05, 3.63) is 53.9 Å². The number of hydrogen-bond donors (Lipinski definition) is 1. The standard InChI is InChI=1S/C21H25FN4O2/c1-25-11-10-23-20(25)19(14-6-8-16(22)9-7-14)24-21(28)15-12-18(27)26(13-15)17-4-2-3-5-17/h6-11,15,17,19H,2-5,12-13H2,1H3,(H,24,28). The summed E-state index contributed by atoms with van der Waals surface area (Å²) in [4.78, 5) is 31.7. The number of carbonyl (C=O) groups excluding carboxylic acids is 2. The molecule has 2 heterocycles. The molecule has 6 nitrogen and oxygen atoms in total. The van der Waals surface area contributed by atoms with Gasteiger partial charge in [0.1, 0.15) is 17.7 Å². The molecule has 2 unspecified atom stereocenters. The summed E-state index contributed by atoms with van der Waals surface area (Å²) in [5.74, 6) is -0.121. The van der Waals surface area contributed by atoms with Crippen LogP contribution in [0.2, 0.25) is 0 Å². The second-order valence-electron chi connectivity index (χ2n) is 7.77. The summed E-state index contributed by atoms with van der Waals surface area (Å²) < 4.78 is 15.2. The quantitative estimate of drug-likeness (QED) is 0.862. The van der Waals surface area contributed by atoms with E-state index in [2.05, 4.69) is 10.3 Å². The van der Waals surface area contributed by atoms with E-state index in [-0.39, 0.29) is 36.0 Å². The molecule has 2 atom stereocenters. The Hall–Kier alpha value is -2.70. The Morgan fingerprint density at radius 3 is 2.61 bits per heavy atom. The van der Waals surface area contributed by atoms with Crippen molar-refractivity contribution in [2.75, 3.05) is 6.54 Å². The molecule has 4 rings (SSSR count). The molecule has 2 fully saturated rings. The van der Waals surface area contributed by atoms with Gasteiger partial charge in [-0.15, -0.1) is 0 Å². The number of amides is 2. The van der Waals surface area contributed by atoms with Gasteiger partial charge in [0.15, 0.2) is 0 Å². The lowest BCUT2D eigenvalue weighted by Gasteiger charge is -2.24. The largest absolute Gasteiger partial charge is 0.342 e. The molecule has 1 aliphatic carbocycles. The first kappa shape index (κ1) is 18.7. The van der Waals surface area contributed by atoms with Gasteiger partial charge in [-0.1, -0.05) is 25.0 Å². The summed E-state index contributed by atoms with van der Waals surface area (Å²) in [6, 6.07) is 5.84. The molecule has 0 bridgehead atoms. The fourth-order valence-electron chi connectivity index (χ4n) is 4.34. The number of benzene rings is 1.